The number of hydrogen-bond donors (Lipinski definition) is 1. The number of fused-ring (bicyclic) bond motifs is 1. The Morgan fingerprint density at radius 1 is 1.56 bits per heavy atom. The van der Waals surface area contributed by atoms with Crippen molar-refractivity contribution in [2.24, 2.45) is 0 Å². The lowest BCUT2D eigenvalue weighted by atomic mass is 10.1. The van der Waals surface area contributed by atoms with Crippen LogP contribution < -0.4 is 10.1 Å². The minimum absolute atomic E-state index is 0.390. The molecule has 2 unspecified atom stereocenters. The van der Waals surface area contributed by atoms with Gasteiger partial charge in [0.1, 0.15) is 11.8 Å². The molecule has 0 aliphatic heterocycles. The Balaban J connectivity index is 2.17. The fourth-order valence-electron chi connectivity index (χ4n) is 2.48. The van der Waals surface area contributed by atoms with Gasteiger partial charge in [0.05, 0.1) is 0 Å². The molecule has 18 heavy (non-hydrogen) atoms. The number of ether oxygens (including phenoxy) is 1. The number of nitrogens with zero attached hydrogens (tertiary/aromatic N) is 1. The normalized spacial score (nSPS) is 19.1. The van der Waals surface area contributed by atoms with Gasteiger partial charge in [0.15, 0.2) is 6.10 Å². The number of benzene rings is 1. The van der Waals surface area contributed by atoms with E-state index in [1.165, 1.54) is 11.1 Å². The Morgan fingerprint density at radius 3 is 3.11 bits per heavy atom. The summed E-state index contributed by atoms with van der Waals surface area (Å²) in [6, 6.07) is 8.71. The van der Waals surface area contributed by atoms with Gasteiger partial charge in [0.2, 0.25) is 0 Å². The van der Waals surface area contributed by atoms with Crippen LogP contribution in [0.15, 0.2) is 18.2 Å². The molecule has 3 nitrogen and oxygen atoms in total. The topological polar surface area (TPSA) is 45.0 Å². The zero-order valence-electron chi connectivity index (χ0n) is 11.1. The van der Waals surface area contributed by atoms with Crippen LogP contribution in [0.4, 0.5) is 0 Å². The van der Waals surface area contributed by atoms with Crippen LogP contribution >= 0.6 is 0 Å². The SMILES string of the molecule is CCCNC1CCc2c(OC(C)C#N)cccc21. The molecule has 3 heteroatoms. The maximum absolute atomic E-state index is 8.83. The summed E-state index contributed by atoms with van der Waals surface area (Å²) in [4.78, 5) is 0. The molecule has 0 spiro atoms. The molecule has 1 aromatic rings. The molecule has 0 bridgehead atoms. The van der Waals surface area contributed by atoms with E-state index in [0.29, 0.717) is 6.04 Å². The van der Waals surface area contributed by atoms with Crippen LogP contribution in [-0.2, 0) is 6.42 Å². The van der Waals surface area contributed by atoms with Crippen LogP contribution in [0, 0.1) is 11.3 Å². The second-order valence-electron chi connectivity index (χ2n) is 4.76. The van der Waals surface area contributed by atoms with Crippen LogP contribution in [0.3, 0.4) is 0 Å². The van der Waals surface area contributed by atoms with Gasteiger partial charge < -0.3 is 10.1 Å². The Bertz CT molecular complexity index is 450. The van der Waals surface area contributed by atoms with Gasteiger partial charge >= 0.3 is 0 Å². The van der Waals surface area contributed by atoms with E-state index in [-0.39, 0.29) is 6.10 Å². The molecular formula is C15H20N2O. The molecule has 0 radical (unpaired) electrons. The van der Waals surface area contributed by atoms with E-state index in [1.807, 2.05) is 12.1 Å². The van der Waals surface area contributed by atoms with Crippen molar-refractivity contribution < 1.29 is 4.74 Å². The molecule has 1 aromatic carbocycles. The van der Waals surface area contributed by atoms with E-state index < -0.39 is 0 Å². The van der Waals surface area contributed by atoms with Crippen molar-refractivity contribution in [2.45, 2.75) is 45.3 Å². The zero-order chi connectivity index (χ0) is 13.0. The second-order valence-corrected chi connectivity index (χ2v) is 4.76. The molecule has 2 rings (SSSR count). The van der Waals surface area contributed by atoms with Gasteiger partial charge in [-0.05, 0) is 49.9 Å². The fraction of sp³-hybridized carbons (Fsp3) is 0.533. The fourth-order valence-corrected chi connectivity index (χ4v) is 2.48. The van der Waals surface area contributed by atoms with Crippen LogP contribution in [0.25, 0.3) is 0 Å². The molecule has 0 amide bonds. The third-order valence-electron chi connectivity index (χ3n) is 3.35. The van der Waals surface area contributed by atoms with E-state index in [9.17, 15) is 0 Å². The Labute approximate surface area is 109 Å². The Hall–Kier alpha value is -1.53. The highest BCUT2D eigenvalue weighted by Gasteiger charge is 2.24. The Morgan fingerprint density at radius 2 is 2.39 bits per heavy atom. The molecule has 1 aliphatic rings. The van der Waals surface area contributed by atoms with Crippen molar-refractivity contribution in [3.05, 3.63) is 29.3 Å². The standard InChI is InChI=1S/C15H20N2O/c1-3-9-17-14-8-7-13-12(14)5-4-6-15(13)18-11(2)10-16/h4-6,11,14,17H,3,7-9H2,1-2H3. The van der Waals surface area contributed by atoms with Gasteiger partial charge in [-0.1, -0.05) is 19.1 Å². The van der Waals surface area contributed by atoms with Crippen molar-refractivity contribution in [1.29, 1.82) is 5.26 Å². The molecule has 0 saturated carbocycles. The minimum Gasteiger partial charge on any atom is -0.476 e. The quantitative estimate of drug-likeness (QED) is 0.866. The molecule has 1 N–H and O–H groups in total. The molecule has 2 atom stereocenters. The average molecular weight is 244 g/mol. The number of hydrogen-bond acceptors (Lipinski definition) is 3. The highest BCUT2D eigenvalue weighted by molar-refractivity contribution is 5.45. The highest BCUT2D eigenvalue weighted by Crippen LogP contribution is 2.37. The van der Waals surface area contributed by atoms with Gasteiger partial charge in [-0.25, -0.2) is 0 Å². The summed E-state index contributed by atoms with van der Waals surface area (Å²) >= 11 is 0. The summed E-state index contributed by atoms with van der Waals surface area (Å²) in [7, 11) is 0. The maximum atomic E-state index is 8.83. The first kappa shape index (κ1) is 12.9. The first-order valence-electron chi connectivity index (χ1n) is 6.67. The lowest BCUT2D eigenvalue weighted by molar-refractivity contribution is 0.274. The van der Waals surface area contributed by atoms with Crippen LogP contribution in [0.2, 0.25) is 0 Å². The van der Waals surface area contributed by atoms with Crippen molar-refractivity contribution in [3.63, 3.8) is 0 Å². The number of nitriles is 1. The highest BCUT2D eigenvalue weighted by atomic mass is 16.5. The predicted molar refractivity (Wildman–Crippen MR) is 71.5 cm³/mol. The second kappa shape index (κ2) is 5.88. The van der Waals surface area contributed by atoms with Crippen molar-refractivity contribution in [2.75, 3.05) is 6.54 Å². The summed E-state index contributed by atoms with van der Waals surface area (Å²) in [6.07, 6.45) is 2.91. The summed E-state index contributed by atoms with van der Waals surface area (Å²) in [5.41, 5.74) is 2.61. The van der Waals surface area contributed by atoms with E-state index in [4.69, 9.17) is 10.00 Å². The van der Waals surface area contributed by atoms with Gasteiger partial charge in [-0.2, -0.15) is 5.26 Å². The van der Waals surface area contributed by atoms with Crippen LogP contribution in [-0.4, -0.2) is 12.6 Å². The lowest BCUT2D eigenvalue weighted by Crippen LogP contribution is -2.19. The van der Waals surface area contributed by atoms with E-state index in [2.05, 4.69) is 24.4 Å². The number of nitrogens with one attached hydrogen (secondary N) is 1. The molecule has 0 heterocycles. The lowest BCUT2D eigenvalue weighted by Gasteiger charge is -2.15. The molecule has 0 fully saturated rings. The molecule has 0 aromatic heterocycles. The van der Waals surface area contributed by atoms with Gasteiger partial charge in [-0.3, -0.25) is 0 Å². The number of rotatable bonds is 5. The average Bonchev–Trinajstić information content (AvgIpc) is 2.80. The first-order valence-corrected chi connectivity index (χ1v) is 6.67. The van der Waals surface area contributed by atoms with Crippen molar-refractivity contribution in [1.82, 2.24) is 5.32 Å². The third kappa shape index (κ3) is 2.65. The maximum Gasteiger partial charge on any atom is 0.181 e. The molecule has 1 aliphatic carbocycles. The van der Waals surface area contributed by atoms with E-state index >= 15 is 0 Å². The van der Waals surface area contributed by atoms with Gasteiger partial charge in [-0.15, -0.1) is 0 Å². The minimum atomic E-state index is -0.390. The Kier molecular flexibility index (Phi) is 4.22. The van der Waals surface area contributed by atoms with E-state index in [0.717, 1.165) is 31.6 Å². The molecular weight excluding hydrogens is 224 g/mol. The van der Waals surface area contributed by atoms with Crippen LogP contribution in [0.5, 0.6) is 5.75 Å². The van der Waals surface area contributed by atoms with Crippen molar-refractivity contribution in [3.8, 4) is 11.8 Å². The molecule has 0 saturated heterocycles. The molecule has 96 valence electrons. The predicted octanol–water partition coefficient (Wildman–Crippen LogP) is 2.96. The van der Waals surface area contributed by atoms with Gasteiger partial charge in [0, 0.05) is 6.04 Å². The third-order valence-corrected chi connectivity index (χ3v) is 3.35. The summed E-state index contributed by atoms with van der Waals surface area (Å²) < 4.78 is 5.67. The summed E-state index contributed by atoms with van der Waals surface area (Å²) in [6.45, 7) is 5.00. The van der Waals surface area contributed by atoms with Crippen molar-refractivity contribution >= 4 is 0 Å². The van der Waals surface area contributed by atoms with E-state index in [1.54, 1.807) is 6.92 Å². The van der Waals surface area contributed by atoms with Crippen LogP contribution in [0.1, 0.15) is 43.9 Å². The first-order chi connectivity index (χ1) is 8.76. The monoisotopic (exact) mass is 244 g/mol. The zero-order valence-corrected chi connectivity index (χ0v) is 11.1. The smallest absolute Gasteiger partial charge is 0.181 e. The summed E-state index contributed by atoms with van der Waals surface area (Å²) in [5, 5.41) is 12.4. The summed E-state index contributed by atoms with van der Waals surface area (Å²) in [5.74, 6) is 0.877. The largest absolute Gasteiger partial charge is 0.476 e. The van der Waals surface area contributed by atoms with Gasteiger partial charge in [0.25, 0.3) is 0 Å².